The highest BCUT2D eigenvalue weighted by molar-refractivity contribution is 7.89. The van der Waals surface area contributed by atoms with Crippen LogP contribution in [0.5, 0.6) is 0 Å². The van der Waals surface area contributed by atoms with E-state index in [9.17, 15) is 13.2 Å². The lowest BCUT2D eigenvalue weighted by molar-refractivity contribution is -0.116. The minimum absolute atomic E-state index is 0.129. The number of aromatic nitrogens is 1. The maximum Gasteiger partial charge on any atom is 0.225 e. The van der Waals surface area contributed by atoms with Gasteiger partial charge in [0.25, 0.3) is 0 Å². The summed E-state index contributed by atoms with van der Waals surface area (Å²) in [6, 6.07) is 3.23. The number of anilines is 2. The molecule has 0 spiro atoms. The van der Waals surface area contributed by atoms with Gasteiger partial charge in [0.1, 0.15) is 5.82 Å². The molecule has 1 amide bonds. The van der Waals surface area contributed by atoms with Crippen molar-refractivity contribution >= 4 is 27.4 Å². The molecular formula is C11H16N4O3S. The summed E-state index contributed by atoms with van der Waals surface area (Å²) in [5, 5.41) is 2.64. The molecule has 1 aliphatic heterocycles. The van der Waals surface area contributed by atoms with Crippen molar-refractivity contribution in [1.29, 1.82) is 0 Å². The Morgan fingerprint density at radius 3 is 2.84 bits per heavy atom. The van der Waals surface area contributed by atoms with Crippen molar-refractivity contribution in [2.75, 3.05) is 29.9 Å². The lowest BCUT2D eigenvalue weighted by atomic mass is 10.3. The van der Waals surface area contributed by atoms with Crippen molar-refractivity contribution in [1.82, 2.24) is 9.29 Å². The predicted octanol–water partition coefficient (Wildman–Crippen LogP) is 0.0279. The molecule has 1 saturated heterocycles. The van der Waals surface area contributed by atoms with E-state index in [4.69, 9.17) is 5.73 Å². The zero-order valence-corrected chi connectivity index (χ0v) is 11.2. The van der Waals surface area contributed by atoms with Gasteiger partial charge < -0.3 is 11.1 Å². The second kappa shape index (κ2) is 5.54. The van der Waals surface area contributed by atoms with Gasteiger partial charge in [-0.1, -0.05) is 0 Å². The van der Waals surface area contributed by atoms with E-state index in [0.717, 1.165) is 0 Å². The van der Waals surface area contributed by atoms with E-state index in [1.807, 2.05) is 0 Å². The van der Waals surface area contributed by atoms with Gasteiger partial charge in [-0.2, -0.15) is 0 Å². The minimum Gasteiger partial charge on any atom is -0.384 e. The van der Waals surface area contributed by atoms with E-state index in [-0.39, 0.29) is 24.6 Å². The Morgan fingerprint density at radius 1 is 1.47 bits per heavy atom. The number of pyridine rings is 1. The van der Waals surface area contributed by atoms with Crippen LogP contribution >= 0.6 is 0 Å². The van der Waals surface area contributed by atoms with Crippen molar-refractivity contribution in [3.8, 4) is 0 Å². The molecule has 19 heavy (non-hydrogen) atoms. The molecule has 0 unspecified atom stereocenters. The van der Waals surface area contributed by atoms with Crippen LogP contribution in [-0.4, -0.2) is 42.5 Å². The molecule has 0 aromatic carbocycles. The highest BCUT2D eigenvalue weighted by Crippen LogP contribution is 2.14. The number of rotatable bonds is 4. The third kappa shape index (κ3) is 3.65. The predicted molar refractivity (Wildman–Crippen MR) is 71.9 cm³/mol. The van der Waals surface area contributed by atoms with E-state index in [0.29, 0.717) is 24.5 Å². The van der Waals surface area contributed by atoms with Crippen molar-refractivity contribution in [3.05, 3.63) is 18.3 Å². The fraction of sp³-hybridized carbons (Fsp3) is 0.455. The Bertz CT molecular complexity index is 556. The molecule has 7 nitrogen and oxygen atoms in total. The summed E-state index contributed by atoms with van der Waals surface area (Å²) in [7, 11) is -3.14. The normalized spacial score (nSPS) is 18.3. The molecule has 1 fully saturated rings. The molecule has 0 bridgehead atoms. The van der Waals surface area contributed by atoms with Crippen molar-refractivity contribution in [2.45, 2.75) is 12.8 Å². The van der Waals surface area contributed by atoms with Gasteiger partial charge in [0.05, 0.1) is 17.6 Å². The number of nitrogens with one attached hydrogen (secondary N) is 1. The van der Waals surface area contributed by atoms with Gasteiger partial charge in [-0.15, -0.1) is 0 Å². The SMILES string of the molecule is Nc1ccc(NC(=O)CCN2CCCS2(=O)=O)cn1. The maximum atomic E-state index is 11.7. The summed E-state index contributed by atoms with van der Waals surface area (Å²) in [5.41, 5.74) is 5.98. The molecule has 0 saturated carbocycles. The molecule has 1 aromatic heterocycles. The standard InChI is InChI=1S/C11H16N4O3S/c12-10-3-2-9(8-13-10)14-11(16)4-6-15-5-1-7-19(15,17)18/h2-3,8H,1,4-7H2,(H2,12,13)(H,14,16). The lowest BCUT2D eigenvalue weighted by Gasteiger charge is -2.13. The fourth-order valence-electron chi connectivity index (χ4n) is 1.87. The first-order chi connectivity index (χ1) is 8.97. The number of nitrogens with two attached hydrogens (primary N) is 1. The Kier molecular flexibility index (Phi) is 4.01. The summed E-state index contributed by atoms with van der Waals surface area (Å²) in [5.74, 6) is 0.311. The first kappa shape index (κ1) is 13.8. The molecule has 0 radical (unpaired) electrons. The average Bonchev–Trinajstić information content (AvgIpc) is 2.69. The highest BCUT2D eigenvalue weighted by Gasteiger charge is 2.28. The summed E-state index contributed by atoms with van der Waals surface area (Å²) >= 11 is 0. The van der Waals surface area contributed by atoms with Crippen LogP contribution in [0.25, 0.3) is 0 Å². The van der Waals surface area contributed by atoms with Gasteiger partial charge in [-0.25, -0.2) is 17.7 Å². The van der Waals surface area contributed by atoms with E-state index >= 15 is 0 Å². The van der Waals surface area contributed by atoms with Crippen molar-refractivity contribution < 1.29 is 13.2 Å². The first-order valence-corrected chi connectivity index (χ1v) is 7.57. The van der Waals surface area contributed by atoms with Crippen LogP contribution in [0.15, 0.2) is 18.3 Å². The fourth-order valence-corrected chi connectivity index (χ4v) is 3.40. The topological polar surface area (TPSA) is 105 Å². The number of hydrogen-bond donors (Lipinski definition) is 2. The zero-order valence-electron chi connectivity index (χ0n) is 10.4. The number of sulfonamides is 1. The van der Waals surface area contributed by atoms with Crippen molar-refractivity contribution in [3.63, 3.8) is 0 Å². The van der Waals surface area contributed by atoms with Crippen LogP contribution in [0, 0.1) is 0 Å². The number of nitrogens with zero attached hydrogens (tertiary/aromatic N) is 2. The number of carbonyl (C=O) groups is 1. The smallest absolute Gasteiger partial charge is 0.225 e. The van der Waals surface area contributed by atoms with Crippen LogP contribution in [-0.2, 0) is 14.8 Å². The number of amides is 1. The number of carbonyl (C=O) groups excluding carboxylic acids is 1. The first-order valence-electron chi connectivity index (χ1n) is 5.96. The lowest BCUT2D eigenvalue weighted by Crippen LogP contribution is -2.29. The molecule has 8 heteroatoms. The van der Waals surface area contributed by atoms with Gasteiger partial charge in [0.2, 0.25) is 15.9 Å². The summed E-state index contributed by atoms with van der Waals surface area (Å²) in [6.07, 6.45) is 2.22. The highest BCUT2D eigenvalue weighted by atomic mass is 32.2. The quantitative estimate of drug-likeness (QED) is 0.811. The number of nitrogen functional groups attached to an aromatic ring is 1. The number of hydrogen-bond acceptors (Lipinski definition) is 5. The van der Waals surface area contributed by atoms with Crippen LogP contribution in [0.1, 0.15) is 12.8 Å². The van der Waals surface area contributed by atoms with Crippen molar-refractivity contribution in [2.24, 2.45) is 0 Å². The maximum absolute atomic E-state index is 11.7. The minimum atomic E-state index is -3.14. The molecule has 2 heterocycles. The van der Waals surface area contributed by atoms with E-state index < -0.39 is 10.0 Å². The largest absolute Gasteiger partial charge is 0.384 e. The Hall–Kier alpha value is -1.67. The third-order valence-corrected chi connectivity index (χ3v) is 4.82. The molecule has 3 N–H and O–H groups in total. The monoisotopic (exact) mass is 284 g/mol. The molecule has 2 rings (SSSR count). The Balaban J connectivity index is 1.83. The molecule has 104 valence electrons. The van der Waals surface area contributed by atoms with E-state index in [1.165, 1.54) is 10.5 Å². The average molecular weight is 284 g/mol. The summed E-state index contributed by atoms with van der Waals surface area (Å²) in [6.45, 7) is 0.718. The summed E-state index contributed by atoms with van der Waals surface area (Å²) in [4.78, 5) is 15.5. The van der Waals surface area contributed by atoms with Gasteiger partial charge in [-0.05, 0) is 18.6 Å². The second-order valence-electron chi connectivity index (χ2n) is 4.34. The Labute approximate surface area is 111 Å². The zero-order chi connectivity index (χ0) is 13.9. The summed E-state index contributed by atoms with van der Waals surface area (Å²) < 4.78 is 24.4. The molecule has 1 aromatic rings. The van der Waals surface area contributed by atoms with Gasteiger partial charge in [0, 0.05) is 19.5 Å². The third-order valence-electron chi connectivity index (χ3n) is 2.86. The van der Waals surface area contributed by atoms with Crippen LogP contribution in [0.4, 0.5) is 11.5 Å². The second-order valence-corrected chi connectivity index (χ2v) is 6.43. The molecule has 0 aliphatic carbocycles. The van der Waals surface area contributed by atoms with E-state index in [1.54, 1.807) is 12.1 Å². The van der Waals surface area contributed by atoms with Gasteiger partial charge in [0.15, 0.2) is 0 Å². The van der Waals surface area contributed by atoms with Crippen LogP contribution in [0.2, 0.25) is 0 Å². The molecular weight excluding hydrogens is 268 g/mol. The molecule has 1 aliphatic rings. The Morgan fingerprint density at radius 2 is 2.26 bits per heavy atom. The van der Waals surface area contributed by atoms with Crippen LogP contribution < -0.4 is 11.1 Å². The van der Waals surface area contributed by atoms with E-state index in [2.05, 4.69) is 10.3 Å². The van der Waals surface area contributed by atoms with Gasteiger partial charge in [-0.3, -0.25) is 4.79 Å². The van der Waals surface area contributed by atoms with Crippen LogP contribution in [0.3, 0.4) is 0 Å². The molecule has 0 atom stereocenters. The van der Waals surface area contributed by atoms with Gasteiger partial charge >= 0.3 is 0 Å².